The van der Waals surface area contributed by atoms with Crippen molar-refractivity contribution in [1.29, 1.82) is 0 Å². The van der Waals surface area contributed by atoms with Crippen LogP contribution in [-0.2, 0) is 4.79 Å². The number of rotatable bonds is 27. The molecule has 0 fully saturated rings. The topological polar surface area (TPSA) is 69.6 Å². The van der Waals surface area contributed by atoms with E-state index in [1.807, 2.05) is 0 Å². The molecule has 2 atom stereocenters. The molecule has 34 heavy (non-hydrogen) atoms. The van der Waals surface area contributed by atoms with Gasteiger partial charge in [-0.1, -0.05) is 149 Å². The third-order valence-electron chi connectivity index (χ3n) is 7.12. The Morgan fingerprint density at radius 1 is 0.588 bits per heavy atom. The number of unbranched alkanes of at least 4 members (excludes halogenated alkanes) is 20. The minimum absolute atomic E-state index is 0.0370. The van der Waals surface area contributed by atoms with E-state index in [9.17, 15) is 15.0 Å². The van der Waals surface area contributed by atoms with Gasteiger partial charge in [0.25, 0.3) is 0 Å². The largest absolute Gasteiger partial charge is 0.394 e. The highest BCUT2D eigenvalue weighted by atomic mass is 16.3. The van der Waals surface area contributed by atoms with Gasteiger partial charge in [0.15, 0.2) is 0 Å². The van der Waals surface area contributed by atoms with Crippen molar-refractivity contribution in [3.63, 3.8) is 0 Å². The molecule has 0 saturated heterocycles. The molecule has 0 heterocycles. The molecule has 0 saturated carbocycles. The molecule has 4 heteroatoms. The second-order valence-corrected chi connectivity index (χ2v) is 10.5. The van der Waals surface area contributed by atoms with Crippen molar-refractivity contribution in [2.45, 2.75) is 180 Å². The Morgan fingerprint density at radius 2 is 0.941 bits per heavy atom. The summed E-state index contributed by atoms with van der Waals surface area (Å²) in [6.07, 6.45) is 28.6. The van der Waals surface area contributed by atoms with Gasteiger partial charge in [-0.3, -0.25) is 4.79 Å². The molecule has 0 aromatic heterocycles. The lowest BCUT2D eigenvalue weighted by Crippen LogP contribution is -2.45. The summed E-state index contributed by atoms with van der Waals surface area (Å²) in [6, 6.07) is -0.525. The summed E-state index contributed by atoms with van der Waals surface area (Å²) in [4.78, 5) is 12.2. The summed E-state index contributed by atoms with van der Waals surface area (Å²) in [6.45, 7) is 4.31. The van der Waals surface area contributed by atoms with E-state index in [1.165, 1.54) is 116 Å². The van der Waals surface area contributed by atoms with Crippen LogP contribution in [0.5, 0.6) is 0 Å². The third kappa shape index (κ3) is 23.1. The first-order chi connectivity index (χ1) is 16.7. The van der Waals surface area contributed by atoms with Gasteiger partial charge in [-0.25, -0.2) is 0 Å². The summed E-state index contributed by atoms with van der Waals surface area (Å²) in [5.74, 6) is -0.0370. The molecule has 0 aliphatic rings. The molecule has 0 bridgehead atoms. The molecular formula is C30H61NO3. The monoisotopic (exact) mass is 483 g/mol. The number of carbonyl (C=O) groups is 1. The molecule has 1 amide bonds. The van der Waals surface area contributed by atoms with Crippen LogP contribution in [0.3, 0.4) is 0 Å². The Bertz CT molecular complexity index is 416. The smallest absolute Gasteiger partial charge is 0.220 e. The van der Waals surface area contributed by atoms with Crippen molar-refractivity contribution >= 4 is 5.91 Å². The van der Waals surface area contributed by atoms with E-state index < -0.39 is 12.1 Å². The maximum absolute atomic E-state index is 12.2. The lowest BCUT2D eigenvalue weighted by Gasteiger charge is -2.22. The van der Waals surface area contributed by atoms with Crippen molar-refractivity contribution in [3.8, 4) is 0 Å². The Balaban J connectivity index is 3.56. The third-order valence-corrected chi connectivity index (χ3v) is 7.12. The van der Waals surface area contributed by atoms with Gasteiger partial charge in [-0.15, -0.1) is 0 Å². The summed E-state index contributed by atoms with van der Waals surface area (Å²) in [5.41, 5.74) is 0. The van der Waals surface area contributed by atoms with Gasteiger partial charge < -0.3 is 15.5 Å². The van der Waals surface area contributed by atoms with Gasteiger partial charge in [0.05, 0.1) is 18.8 Å². The molecule has 0 rings (SSSR count). The molecule has 4 nitrogen and oxygen atoms in total. The van der Waals surface area contributed by atoms with Gasteiger partial charge in [0.2, 0.25) is 5.91 Å². The van der Waals surface area contributed by atoms with E-state index in [4.69, 9.17) is 0 Å². The van der Waals surface area contributed by atoms with Crippen molar-refractivity contribution in [2.75, 3.05) is 6.61 Å². The maximum Gasteiger partial charge on any atom is 0.220 e. The summed E-state index contributed by atoms with van der Waals surface area (Å²) < 4.78 is 0. The average Bonchev–Trinajstić information content (AvgIpc) is 2.84. The Hall–Kier alpha value is -0.610. The van der Waals surface area contributed by atoms with E-state index in [0.717, 1.165) is 25.7 Å². The number of aliphatic hydroxyl groups excluding tert-OH is 2. The summed E-state index contributed by atoms with van der Waals surface area (Å²) >= 11 is 0. The highest BCUT2D eigenvalue weighted by molar-refractivity contribution is 5.76. The van der Waals surface area contributed by atoms with Crippen molar-refractivity contribution in [3.05, 3.63) is 0 Å². The number of aliphatic hydroxyl groups is 2. The zero-order valence-electron chi connectivity index (χ0n) is 23.1. The fourth-order valence-electron chi connectivity index (χ4n) is 4.71. The second kappa shape index (κ2) is 27.0. The van der Waals surface area contributed by atoms with Crippen molar-refractivity contribution in [2.24, 2.45) is 0 Å². The first kappa shape index (κ1) is 33.4. The van der Waals surface area contributed by atoms with E-state index in [1.54, 1.807) is 0 Å². The highest BCUT2D eigenvalue weighted by Crippen LogP contribution is 2.15. The van der Waals surface area contributed by atoms with Crippen LogP contribution in [0.2, 0.25) is 0 Å². The second-order valence-electron chi connectivity index (χ2n) is 10.5. The minimum Gasteiger partial charge on any atom is -0.394 e. The molecule has 2 unspecified atom stereocenters. The van der Waals surface area contributed by atoms with Crippen LogP contribution in [0, 0.1) is 0 Å². The van der Waals surface area contributed by atoms with Crippen LogP contribution in [0.15, 0.2) is 0 Å². The number of carbonyl (C=O) groups excluding carboxylic acids is 1. The molecule has 3 N–H and O–H groups in total. The lowest BCUT2D eigenvalue weighted by molar-refractivity contribution is -0.123. The summed E-state index contributed by atoms with van der Waals surface area (Å²) in [5, 5.41) is 22.8. The Labute approximate surface area is 213 Å². The van der Waals surface area contributed by atoms with E-state index >= 15 is 0 Å². The number of hydrogen-bond donors (Lipinski definition) is 3. The minimum atomic E-state index is -0.648. The number of amides is 1. The van der Waals surface area contributed by atoms with Crippen molar-refractivity contribution < 1.29 is 15.0 Å². The molecule has 0 aliphatic heterocycles. The Kier molecular flexibility index (Phi) is 26.5. The maximum atomic E-state index is 12.2. The zero-order valence-corrected chi connectivity index (χ0v) is 23.1. The number of hydrogen-bond acceptors (Lipinski definition) is 3. The quantitative estimate of drug-likeness (QED) is 0.103. The van der Waals surface area contributed by atoms with Crippen LogP contribution in [0.4, 0.5) is 0 Å². The van der Waals surface area contributed by atoms with E-state index in [-0.39, 0.29) is 12.5 Å². The van der Waals surface area contributed by atoms with Crippen LogP contribution < -0.4 is 5.32 Å². The van der Waals surface area contributed by atoms with Crippen LogP contribution >= 0.6 is 0 Å². The molecule has 204 valence electrons. The Morgan fingerprint density at radius 3 is 1.32 bits per heavy atom. The highest BCUT2D eigenvalue weighted by Gasteiger charge is 2.19. The van der Waals surface area contributed by atoms with E-state index in [0.29, 0.717) is 12.8 Å². The molecule has 0 aromatic carbocycles. The predicted octanol–water partition coefficient (Wildman–Crippen LogP) is 8.23. The van der Waals surface area contributed by atoms with Crippen LogP contribution in [-0.4, -0.2) is 34.9 Å². The van der Waals surface area contributed by atoms with Gasteiger partial charge >= 0.3 is 0 Å². The molecule has 0 radical (unpaired) electrons. The summed E-state index contributed by atoms with van der Waals surface area (Å²) in [7, 11) is 0. The van der Waals surface area contributed by atoms with Gasteiger partial charge in [-0.05, 0) is 12.8 Å². The molecule has 0 aromatic rings. The van der Waals surface area contributed by atoms with Gasteiger partial charge in [-0.2, -0.15) is 0 Å². The normalized spacial score (nSPS) is 13.2. The molecular weight excluding hydrogens is 422 g/mol. The van der Waals surface area contributed by atoms with Gasteiger partial charge in [0, 0.05) is 6.42 Å². The first-order valence-corrected chi connectivity index (χ1v) is 15.2. The average molecular weight is 484 g/mol. The fourth-order valence-corrected chi connectivity index (χ4v) is 4.71. The fraction of sp³-hybridized carbons (Fsp3) is 0.967. The molecule has 0 spiro atoms. The standard InChI is InChI=1S/C30H61NO3/c1-3-5-7-9-11-13-14-15-16-17-18-19-21-23-25-29(33)28(27-32)31-30(34)26-24-22-20-12-10-8-6-4-2/h28-29,32-33H,3-27H2,1-2H3,(H,31,34). The van der Waals surface area contributed by atoms with Crippen LogP contribution in [0.1, 0.15) is 168 Å². The first-order valence-electron chi connectivity index (χ1n) is 15.2. The van der Waals surface area contributed by atoms with Crippen LogP contribution in [0.25, 0.3) is 0 Å². The zero-order chi connectivity index (χ0) is 25.1. The van der Waals surface area contributed by atoms with Crippen molar-refractivity contribution in [1.82, 2.24) is 5.32 Å². The SMILES string of the molecule is CCCCCCCCCCCCCCCCC(O)C(CO)NC(=O)CCCCCCCCCC. The number of nitrogens with one attached hydrogen (secondary N) is 1. The lowest BCUT2D eigenvalue weighted by atomic mass is 10.0. The molecule has 0 aliphatic carbocycles. The van der Waals surface area contributed by atoms with E-state index in [2.05, 4.69) is 19.2 Å². The van der Waals surface area contributed by atoms with Gasteiger partial charge in [0.1, 0.15) is 0 Å². The predicted molar refractivity (Wildman–Crippen MR) is 147 cm³/mol.